The monoisotopic (exact) mass is 246 g/mol. The van der Waals surface area contributed by atoms with Gasteiger partial charge >= 0.3 is 0 Å². The van der Waals surface area contributed by atoms with Crippen LogP contribution in [0.3, 0.4) is 0 Å². The summed E-state index contributed by atoms with van der Waals surface area (Å²) in [5, 5.41) is 0. The van der Waals surface area contributed by atoms with Crippen LogP contribution in [0.15, 0.2) is 18.3 Å². The SMILES string of the molecule is Nc1cc(C2CCCCCCCCCC2)ccn1. The topological polar surface area (TPSA) is 38.9 Å². The highest BCUT2D eigenvalue weighted by atomic mass is 14.8. The summed E-state index contributed by atoms with van der Waals surface area (Å²) in [7, 11) is 0. The molecule has 1 aromatic rings. The molecule has 0 saturated heterocycles. The molecule has 1 aromatic heterocycles. The van der Waals surface area contributed by atoms with Crippen molar-refractivity contribution in [2.75, 3.05) is 5.73 Å². The summed E-state index contributed by atoms with van der Waals surface area (Å²) >= 11 is 0. The minimum absolute atomic E-state index is 0.668. The normalized spacial score (nSPS) is 20.2. The van der Waals surface area contributed by atoms with Crippen LogP contribution in [0.5, 0.6) is 0 Å². The number of aromatic nitrogens is 1. The predicted molar refractivity (Wildman–Crippen MR) is 77.6 cm³/mol. The molecular formula is C16H26N2. The van der Waals surface area contributed by atoms with Crippen molar-refractivity contribution in [2.45, 2.75) is 70.1 Å². The van der Waals surface area contributed by atoms with E-state index in [0.717, 1.165) is 0 Å². The molecule has 18 heavy (non-hydrogen) atoms. The Morgan fingerprint density at radius 3 is 2.00 bits per heavy atom. The third-order valence-electron chi connectivity index (χ3n) is 4.13. The van der Waals surface area contributed by atoms with E-state index in [4.69, 9.17) is 5.73 Å². The Hall–Kier alpha value is -1.05. The Morgan fingerprint density at radius 1 is 0.889 bits per heavy atom. The van der Waals surface area contributed by atoms with E-state index in [1.54, 1.807) is 0 Å². The fourth-order valence-electron chi connectivity index (χ4n) is 3.04. The standard InChI is InChI=1S/C16H26N2/c17-16-13-15(11-12-18-16)14-9-7-5-3-1-2-4-6-8-10-14/h11-14H,1-10H2,(H2,17,18). The van der Waals surface area contributed by atoms with Crippen molar-refractivity contribution in [1.29, 1.82) is 0 Å². The highest BCUT2D eigenvalue weighted by Gasteiger charge is 2.12. The molecule has 2 rings (SSSR count). The Labute approximate surface area is 111 Å². The van der Waals surface area contributed by atoms with Crippen molar-refractivity contribution in [1.82, 2.24) is 4.98 Å². The quantitative estimate of drug-likeness (QED) is 0.782. The summed E-state index contributed by atoms with van der Waals surface area (Å²) in [6.45, 7) is 0. The second-order valence-electron chi connectivity index (χ2n) is 5.62. The van der Waals surface area contributed by atoms with E-state index in [1.165, 1.54) is 69.8 Å². The molecule has 0 atom stereocenters. The molecule has 0 amide bonds. The maximum Gasteiger partial charge on any atom is 0.123 e. The Bertz CT molecular complexity index is 337. The third-order valence-corrected chi connectivity index (χ3v) is 4.13. The summed E-state index contributed by atoms with van der Waals surface area (Å²) < 4.78 is 0. The number of nitrogens with two attached hydrogens (primary N) is 1. The van der Waals surface area contributed by atoms with Gasteiger partial charge in [0.1, 0.15) is 5.82 Å². The van der Waals surface area contributed by atoms with Crippen LogP contribution in [0.2, 0.25) is 0 Å². The van der Waals surface area contributed by atoms with Crippen LogP contribution in [-0.4, -0.2) is 4.98 Å². The van der Waals surface area contributed by atoms with Crippen molar-refractivity contribution in [3.05, 3.63) is 23.9 Å². The van der Waals surface area contributed by atoms with Gasteiger partial charge in [0, 0.05) is 6.20 Å². The van der Waals surface area contributed by atoms with Gasteiger partial charge in [-0.1, -0.05) is 51.4 Å². The van der Waals surface area contributed by atoms with Crippen molar-refractivity contribution < 1.29 is 0 Å². The van der Waals surface area contributed by atoms with E-state index >= 15 is 0 Å². The van der Waals surface area contributed by atoms with Gasteiger partial charge in [0.2, 0.25) is 0 Å². The predicted octanol–water partition coefficient (Wildman–Crippen LogP) is 4.66. The minimum Gasteiger partial charge on any atom is -0.384 e. The van der Waals surface area contributed by atoms with E-state index in [1.807, 2.05) is 6.20 Å². The first kappa shape index (κ1) is 13.4. The second kappa shape index (κ2) is 7.40. The largest absolute Gasteiger partial charge is 0.384 e. The first-order valence-electron chi connectivity index (χ1n) is 7.58. The number of hydrogen-bond acceptors (Lipinski definition) is 2. The van der Waals surface area contributed by atoms with Crippen LogP contribution in [-0.2, 0) is 0 Å². The van der Waals surface area contributed by atoms with Gasteiger partial charge in [-0.3, -0.25) is 0 Å². The molecule has 0 radical (unpaired) electrons. The summed E-state index contributed by atoms with van der Waals surface area (Å²) in [4.78, 5) is 4.10. The number of nitrogens with zero attached hydrogens (tertiary/aromatic N) is 1. The zero-order chi connectivity index (χ0) is 12.6. The average molecular weight is 246 g/mol. The molecule has 1 aliphatic carbocycles. The maximum atomic E-state index is 5.80. The maximum absolute atomic E-state index is 5.80. The van der Waals surface area contributed by atoms with Crippen molar-refractivity contribution >= 4 is 5.82 Å². The van der Waals surface area contributed by atoms with Crippen LogP contribution in [0.4, 0.5) is 5.82 Å². The molecule has 1 saturated carbocycles. The molecule has 0 unspecified atom stereocenters. The zero-order valence-corrected chi connectivity index (χ0v) is 11.4. The first-order valence-corrected chi connectivity index (χ1v) is 7.58. The minimum atomic E-state index is 0.668. The van der Waals surface area contributed by atoms with E-state index in [2.05, 4.69) is 17.1 Å². The highest BCUT2D eigenvalue weighted by molar-refractivity contribution is 5.33. The molecule has 1 heterocycles. The molecule has 100 valence electrons. The van der Waals surface area contributed by atoms with Crippen molar-refractivity contribution in [2.24, 2.45) is 0 Å². The highest BCUT2D eigenvalue weighted by Crippen LogP contribution is 2.30. The van der Waals surface area contributed by atoms with Gasteiger partial charge in [-0.05, 0) is 36.5 Å². The van der Waals surface area contributed by atoms with Gasteiger partial charge in [0.05, 0.1) is 0 Å². The lowest BCUT2D eigenvalue weighted by Gasteiger charge is -2.17. The molecule has 0 aliphatic heterocycles. The molecule has 1 fully saturated rings. The number of anilines is 1. The zero-order valence-electron chi connectivity index (χ0n) is 11.4. The number of rotatable bonds is 1. The van der Waals surface area contributed by atoms with Gasteiger partial charge in [-0.25, -0.2) is 4.98 Å². The lowest BCUT2D eigenvalue weighted by Crippen LogP contribution is -2.01. The van der Waals surface area contributed by atoms with E-state index in [0.29, 0.717) is 11.7 Å². The third kappa shape index (κ3) is 4.32. The number of pyridine rings is 1. The molecule has 0 aromatic carbocycles. The lowest BCUT2D eigenvalue weighted by molar-refractivity contribution is 0.514. The molecular weight excluding hydrogens is 220 g/mol. The summed E-state index contributed by atoms with van der Waals surface area (Å²) in [5.41, 5.74) is 7.21. The average Bonchev–Trinajstić information content (AvgIpc) is 2.43. The van der Waals surface area contributed by atoms with Crippen LogP contribution in [0.1, 0.15) is 75.7 Å². The Kier molecular flexibility index (Phi) is 5.50. The Morgan fingerprint density at radius 2 is 1.44 bits per heavy atom. The van der Waals surface area contributed by atoms with Gasteiger partial charge in [0.15, 0.2) is 0 Å². The van der Waals surface area contributed by atoms with E-state index in [9.17, 15) is 0 Å². The van der Waals surface area contributed by atoms with Crippen molar-refractivity contribution in [3.63, 3.8) is 0 Å². The Balaban J connectivity index is 1.98. The van der Waals surface area contributed by atoms with Crippen LogP contribution < -0.4 is 5.73 Å². The van der Waals surface area contributed by atoms with Crippen molar-refractivity contribution in [3.8, 4) is 0 Å². The van der Waals surface area contributed by atoms with E-state index < -0.39 is 0 Å². The summed E-state index contributed by atoms with van der Waals surface area (Å²) in [5.74, 6) is 1.37. The second-order valence-corrected chi connectivity index (χ2v) is 5.62. The fourth-order valence-corrected chi connectivity index (χ4v) is 3.04. The van der Waals surface area contributed by atoms with Gasteiger partial charge < -0.3 is 5.73 Å². The molecule has 2 nitrogen and oxygen atoms in total. The molecule has 2 heteroatoms. The smallest absolute Gasteiger partial charge is 0.123 e. The number of hydrogen-bond donors (Lipinski definition) is 1. The number of nitrogen functional groups attached to an aromatic ring is 1. The van der Waals surface area contributed by atoms with Crippen LogP contribution >= 0.6 is 0 Å². The summed E-state index contributed by atoms with van der Waals surface area (Å²) in [6.07, 6.45) is 15.8. The van der Waals surface area contributed by atoms with Crippen LogP contribution in [0.25, 0.3) is 0 Å². The molecule has 2 N–H and O–H groups in total. The lowest BCUT2D eigenvalue weighted by atomic mass is 9.89. The summed E-state index contributed by atoms with van der Waals surface area (Å²) in [6, 6.07) is 4.23. The molecule has 0 bridgehead atoms. The molecule has 0 spiro atoms. The van der Waals surface area contributed by atoms with E-state index in [-0.39, 0.29) is 0 Å². The first-order chi connectivity index (χ1) is 8.86. The van der Waals surface area contributed by atoms with Gasteiger partial charge in [0.25, 0.3) is 0 Å². The molecule has 1 aliphatic rings. The fraction of sp³-hybridized carbons (Fsp3) is 0.688. The van der Waals surface area contributed by atoms with Gasteiger partial charge in [-0.15, -0.1) is 0 Å². The van der Waals surface area contributed by atoms with Gasteiger partial charge in [-0.2, -0.15) is 0 Å². The van der Waals surface area contributed by atoms with Crippen LogP contribution in [0, 0.1) is 0 Å².